The molecule has 0 aliphatic heterocycles. The number of para-hydroxylation sites is 1. The van der Waals surface area contributed by atoms with Gasteiger partial charge in [-0.1, -0.05) is 55.5 Å². The van der Waals surface area contributed by atoms with E-state index >= 15 is 0 Å². The molecule has 5 aromatic rings. The second kappa shape index (κ2) is 11.7. The van der Waals surface area contributed by atoms with E-state index in [4.69, 9.17) is 4.74 Å². The number of ketones is 1. The number of fused-ring (bicyclic) bond motifs is 1. The maximum atomic E-state index is 11.9. The average Bonchev–Trinajstić information content (AvgIpc) is 3.28. The predicted octanol–water partition coefficient (Wildman–Crippen LogP) is 7.50. The third kappa shape index (κ3) is 6.03. The van der Waals surface area contributed by atoms with E-state index in [1.165, 1.54) is 18.7 Å². The standard InChI is InChI=1S/C23H18N4O2.C8H10/c1-15-21(16(2)28)14-27-23(15)22(17(12-24)13-25-27)26-18-8-10-20(11-9-18)29-19-6-4-3-5-7-19;1-2-8-6-4-3-5-7-8/h3-11,13-14,26H,1-2H3;3-7H,2H2,1H3. The summed E-state index contributed by atoms with van der Waals surface area (Å²) in [6.45, 7) is 5.54. The SMILES string of the molecule is CC(=O)c1cn2ncc(C#N)c(Nc3ccc(Oc4ccccc4)cc3)c2c1C.CCc1ccccc1. The van der Waals surface area contributed by atoms with Crippen molar-refractivity contribution in [1.29, 1.82) is 5.26 Å². The van der Waals surface area contributed by atoms with E-state index < -0.39 is 0 Å². The molecular weight excluding hydrogens is 460 g/mol. The highest BCUT2D eigenvalue weighted by Crippen LogP contribution is 2.31. The number of hydrogen-bond donors (Lipinski definition) is 1. The highest BCUT2D eigenvalue weighted by molar-refractivity contribution is 6.00. The Morgan fingerprint density at radius 3 is 2.16 bits per heavy atom. The molecule has 5 rings (SSSR count). The summed E-state index contributed by atoms with van der Waals surface area (Å²) >= 11 is 0. The van der Waals surface area contributed by atoms with Crippen LogP contribution in [0.15, 0.2) is 97.3 Å². The zero-order valence-electron chi connectivity index (χ0n) is 21.1. The van der Waals surface area contributed by atoms with E-state index in [1.807, 2.05) is 67.6 Å². The number of benzene rings is 3. The first kappa shape index (κ1) is 25.2. The van der Waals surface area contributed by atoms with E-state index in [0.717, 1.165) is 23.4 Å². The number of aryl methyl sites for hydroxylation is 2. The number of hydrogen-bond acceptors (Lipinski definition) is 5. The Morgan fingerprint density at radius 2 is 1.59 bits per heavy atom. The van der Waals surface area contributed by atoms with Gasteiger partial charge in [0.1, 0.15) is 17.6 Å². The minimum absolute atomic E-state index is 0.0418. The Bertz CT molecular complexity index is 1530. The molecule has 0 saturated heterocycles. The minimum atomic E-state index is -0.0418. The number of nitrogens with one attached hydrogen (secondary N) is 1. The first-order valence-corrected chi connectivity index (χ1v) is 12.1. The molecule has 0 aliphatic carbocycles. The Labute approximate surface area is 216 Å². The molecule has 37 heavy (non-hydrogen) atoms. The van der Waals surface area contributed by atoms with Gasteiger partial charge in [-0.3, -0.25) is 4.79 Å². The molecule has 0 spiro atoms. The summed E-state index contributed by atoms with van der Waals surface area (Å²) in [4.78, 5) is 11.9. The van der Waals surface area contributed by atoms with Crippen LogP contribution in [0.1, 0.15) is 40.9 Å². The van der Waals surface area contributed by atoms with Crippen molar-refractivity contribution in [3.05, 3.63) is 120 Å². The summed E-state index contributed by atoms with van der Waals surface area (Å²) in [5, 5.41) is 17.1. The first-order valence-electron chi connectivity index (χ1n) is 12.1. The third-order valence-corrected chi connectivity index (χ3v) is 5.91. The highest BCUT2D eigenvalue weighted by atomic mass is 16.5. The lowest BCUT2D eigenvalue weighted by molar-refractivity contribution is 0.101. The van der Waals surface area contributed by atoms with E-state index in [2.05, 4.69) is 47.7 Å². The zero-order chi connectivity index (χ0) is 26.2. The molecule has 6 heteroatoms. The molecule has 2 heterocycles. The molecule has 0 aliphatic rings. The normalized spacial score (nSPS) is 10.2. The van der Waals surface area contributed by atoms with E-state index in [1.54, 1.807) is 10.7 Å². The molecule has 0 unspecified atom stereocenters. The summed E-state index contributed by atoms with van der Waals surface area (Å²) < 4.78 is 7.44. The summed E-state index contributed by atoms with van der Waals surface area (Å²) in [5.41, 5.74) is 5.30. The smallest absolute Gasteiger partial charge is 0.161 e. The molecule has 6 nitrogen and oxygen atoms in total. The summed E-state index contributed by atoms with van der Waals surface area (Å²) in [6.07, 6.45) is 4.32. The molecule has 2 aromatic heterocycles. The lowest BCUT2D eigenvalue weighted by Gasteiger charge is -2.12. The van der Waals surface area contributed by atoms with Gasteiger partial charge in [-0.15, -0.1) is 0 Å². The number of carbonyl (C=O) groups excluding carboxylic acids is 1. The summed E-state index contributed by atoms with van der Waals surface area (Å²) in [6, 6.07) is 29.6. The molecule has 0 atom stereocenters. The van der Waals surface area contributed by atoms with Crippen molar-refractivity contribution in [3.8, 4) is 17.6 Å². The van der Waals surface area contributed by atoms with Crippen LogP contribution in [0.4, 0.5) is 11.4 Å². The lowest BCUT2D eigenvalue weighted by atomic mass is 10.1. The predicted molar refractivity (Wildman–Crippen MR) is 147 cm³/mol. The second-order valence-corrected chi connectivity index (χ2v) is 8.47. The van der Waals surface area contributed by atoms with Gasteiger partial charge in [-0.25, -0.2) is 4.52 Å². The van der Waals surface area contributed by atoms with Crippen molar-refractivity contribution < 1.29 is 9.53 Å². The van der Waals surface area contributed by atoms with Crippen LogP contribution in [-0.2, 0) is 6.42 Å². The van der Waals surface area contributed by atoms with Crippen molar-refractivity contribution >= 4 is 22.7 Å². The molecule has 1 N–H and O–H groups in total. The topological polar surface area (TPSA) is 79.4 Å². The van der Waals surface area contributed by atoms with Crippen molar-refractivity contribution in [2.24, 2.45) is 0 Å². The Kier molecular flexibility index (Phi) is 7.97. The lowest BCUT2D eigenvalue weighted by Crippen LogP contribution is -2.00. The van der Waals surface area contributed by atoms with Crippen LogP contribution in [0.5, 0.6) is 11.5 Å². The molecular formula is C31H28N4O2. The fourth-order valence-corrected chi connectivity index (χ4v) is 3.94. The molecule has 0 saturated carbocycles. The van der Waals surface area contributed by atoms with Crippen molar-refractivity contribution in [2.45, 2.75) is 27.2 Å². The number of carbonyl (C=O) groups is 1. The number of nitrogens with zero attached hydrogens (tertiary/aromatic N) is 3. The van der Waals surface area contributed by atoms with Gasteiger partial charge in [0.05, 0.1) is 23.0 Å². The van der Waals surface area contributed by atoms with Crippen molar-refractivity contribution in [3.63, 3.8) is 0 Å². The molecule has 184 valence electrons. The first-order chi connectivity index (χ1) is 18.0. The average molecular weight is 489 g/mol. The number of anilines is 2. The number of nitriles is 1. The maximum absolute atomic E-state index is 11.9. The van der Waals surface area contributed by atoms with Crippen LogP contribution in [-0.4, -0.2) is 15.4 Å². The van der Waals surface area contributed by atoms with Crippen LogP contribution in [0.2, 0.25) is 0 Å². The maximum Gasteiger partial charge on any atom is 0.161 e. The Balaban J connectivity index is 0.000000342. The van der Waals surface area contributed by atoms with Gasteiger partial charge < -0.3 is 10.1 Å². The Hall–Kier alpha value is -4.89. The van der Waals surface area contributed by atoms with Gasteiger partial charge in [0, 0.05) is 17.4 Å². The molecule has 0 radical (unpaired) electrons. The minimum Gasteiger partial charge on any atom is -0.457 e. The van der Waals surface area contributed by atoms with Gasteiger partial charge in [-0.05, 0) is 67.8 Å². The van der Waals surface area contributed by atoms with Crippen LogP contribution in [0.25, 0.3) is 5.52 Å². The van der Waals surface area contributed by atoms with Crippen LogP contribution >= 0.6 is 0 Å². The van der Waals surface area contributed by atoms with Gasteiger partial charge in [0.15, 0.2) is 5.78 Å². The highest BCUT2D eigenvalue weighted by Gasteiger charge is 2.17. The van der Waals surface area contributed by atoms with Crippen LogP contribution in [0, 0.1) is 18.3 Å². The van der Waals surface area contributed by atoms with Crippen molar-refractivity contribution in [2.75, 3.05) is 5.32 Å². The quantitative estimate of drug-likeness (QED) is 0.250. The van der Waals surface area contributed by atoms with Crippen LogP contribution < -0.4 is 10.1 Å². The number of aromatic nitrogens is 2. The molecule has 0 bridgehead atoms. The molecule has 3 aromatic carbocycles. The number of rotatable bonds is 6. The van der Waals surface area contributed by atoms with Crippen LogP contribution in [0.3, 0.4) is 0 Å². The molecule has 0 amide bonds. The van der Waals surface area contributed by atoms with E-state index in [0.29, 0.717) is 28.1 Å². The van der Waals surface area contributed by atoms with E-state index in [-0.39, 0.29) is 5.78 Å². The Morgan fingerprint density at radius 1 is 0.973 bits per heavy atom. The number of Topliss-reactive ketones (excluding diaryl/α,β-unsaturated/α-hetero) is 1. The van der Waals surface area contributed by atoms with Crippen molar-refractivity contribution in [1.82, 2.24) is 9.61 Å². The summed E-state index contributed by atoms with van der Waals surface area (Å²) in [5.74, 6) is 1.43. The number of ether oxygens (including phenoxy) is 1. The fraction of sp³-hybridized carbons (Fsp3) is 0.129. The monoisotopic (exact) mass is 488 g/mol. The largest absolute Gasteiger partial charge is 0.457 e. The van der Waals surface area contributed by atoms with Gasteiger partial charge in [0.25, 0.3) is 0 Å². The second-order valence-electron chi connectivity index (χ2n) is 8.47. The zero-order valence-corrected chi connectivity index (χ0v) is 21.1. The third-order valence-electron chi connectivity index (χ3n) is 5.91. The molecule has 0 fully saturated rings. The fourth-order valence-electron chi connectivity index (χ4n) is 3.94. The van der Waals surface area contributed by atoms with Gasteiger partial charge >= 0.3 is 0 Å². The van der Waals surface area contributed by atoms with E-state index in [9.17, 15) is 10.1 Å². The summed E-state index contributed by atoms with van der Waals surface area (Å²) in [7, 11) is 0. The van der Waals surface area contributed by atoms with Gasteiger partial charge in [-0.2, -0.15) is 10.4 Å². The van der Waals surface area contributed by atoms with Gasteiger partial charge in [0.2, 0.25) is 0 Å².